The fraction of sp³-hybridized carbons (Fsp3) is 0.467. The molecule has 1 aromatic carbocycles. The number of benzene rings is 1. The summed E-state index contributed by atoms with van der Waals surface area (Å²) in [5.41, 5.74) is 0.866. The summed E-state index contributed by atoms with van der Waals surface area (Å²) in [6, 6.07) is 5.26. The lowest BCUT2D eigenvalue weighted by Crippen LogP contribution is -2.45. The minimum Gasteiger partial charge on any atom is -0.462 e. The first kappa shape index (κ1) is 19.1. The molecule has 0 saturated carbocycles. The molecule has 2 N–H and O–H groups in total. The zero-order valence-corrected chi connectivity index (χ0v) is 14.3. The van der Waals surface area contributed by atoms with Crippen LogP contribution in [0.1, 0.15) is 36.7 Å². The number of rotatable bonds is 8. The summed E-state index contributed by atoms with van der Waals surface area (Å²) in [5, 5.41) is 2.55. The lowest BCUT2D eigenvalue weighted by atomic mass is 10.1. The number of likely N-dealkylation sites (N-methyl/N-ethyl adjacent to an activating group) is 1. The molecule has 0 aliphatic carbocycles. The second kappa shape index (κ2) is 8.64. The molecular formula is C15H22N2O5S. The first-order valence-corrected chi connectivity index (χ1v) is 8.98. The van der Waals surface area contributed by atoms with E-state index in [-0.39, 0.29) is 18.3 Å². The Balaban J connectivity index is 2.70. The standard InChI is InChI=1S/C15H22N2O5S/c1-4-16-14(18)11(3)17-23(20,21)10-12-6-8-13(9-7-12)15(19)22-5-2/h6-9,11,17H,4-5,10H2,1-3H3,(H,16,18). The summed E-state index contributed by atoms with van der Waals surface area (Å²) >= 11 is 0. The van der Waals surface area contributed by atoms with E-state index in [0.717, 1.165) is 0 Å². The average molecular weight is 342 g/mol. The van der Waals surface area contributed by atoms with Crippen LogP contribution in [0.25, 0.3) is 0 Å². The molecule has 8 heteroatoms. The third-order valence-electron chi connectivity index (χ3n) is 2.92. The molecule has 1 atom stereocenters. The number of nitrogens with one attached hydrogen (secondary N) is 2. The van der Waals surface area contributed by atoms with Gasteiger partial charge in [-0.15, -0.1) is 0 Å². The highest BCUT2D eigenvalue weighted by Gasteiger charge is 2.20. The van der Waals surface area contributed by atoms with Crippen molar-refractivity contribution in [3.05, 3.63) is 35.4 Å². The van der Waals surface area contributed by atoms with Crippen LogP contribution < -0.4 is 10.0 Å². The molecule has 0 heterocycles. The molecule has 1 aromatic rings. The molecule has 23 heavy (non-hydrogen) atoms. The Morgan fingerprint density at radius 1 is 1.17 bits per heavy atom. The molecule has 0 aromatic heterocycles. The molecule has 0 aliphatic heterocycles. The van der Waals surface area contributed by atoms with Crippen LogP contribution in [-0.2, 0) is 25.3 Å². The Morgan fingerprint density at radius 3 is 2.30 bits per heavy atom. The molecule has 0 spiro atoms. The maximum Gasteiger partial charge on any atom is 0.338 e. The van der Waals surface area contributed by atoms with Gasteiger partial charge in [0.25, 0.3) is 0 Å². The van der Waals surface area contributed by atoms with Gasteiger partial charge >= 0.3 is 5.97 Å². The van der Waals surface area contributed by atoms with E-state index in [9.17, 15) is 18.0 Å². The van der Waals surface area contributed by atoms with Crippen molar-refractivity contribution in [2.75, 3.05) is 13.2 Å². The van der Waals surface area contributed by atoms with E-state index >= 15 is 0 Å². The monoisotopic (exact) mass is 342 g/mol. The fourth-order valence-corrected chi connectivity index (χ4v) is 3.22. The maximum atomic E-state index is 12.1. The first-order valence-electron chi connectivity index (χ1n) is 7.32. The Morgan fingerprint density at radius 2 is 1.78 bits per heavy atom. The summed E-state index contributed by atoms with van der Waals surface area (Å²) < 4.78 is 31.3. The van der Waals surface area contributed by atoms with Crippen LogP contribution in [0, 0.1) is 0 Å². The molecule has 1 rings (SSSR count). The summed E-state index contributed by atoms with van der Waals surface area (Å²) in [6.07, 6.45) is 0. The third-order valence-corrected chi connectivity index (χ3v) is 4.35. The minimum absolute atomic E-state index is 0.274. The first-order chi connectivity index (χ1) is 10.8. The van der Waals surface area contributed by atoms with Gasteiger partial charge in [0.05, 0.1) is 24.0 Å². The van der Waals surface area contributed by atoms with E-state index < -0.39 is 22.0 Å². The number of esters is 1. The molecular weight excluding hydrogens is 320 g/mol. The molecule has 0 radical (unpaired) electrons. The Hall–Kier alpha value is -1.93. The predicted octanol–water partition coefficient (Wildman–Crippen LogP) is 0.807. The van der Waals surface area contributed by atoms with Gasteiger partial charge in [0, 0.05) is 6.54 Å². The molecule has 128 valence electrons. The van der Waals surface area contributed by atoms with Crippen LogP contribution in [-0.4, -0.2) is 39.5 Å². The number of carbonyl (C=O) groups is 2. The quantitative estimate of drug-likeness (QED) is 0.681. The number of hydrogen-bond acceptors (Lipinski definition) is 5. The van der Waals surface area contributed by atoms with Gasteiger partial charge in [-0.3, -0.25) is 4.79 Å². The average Bonchev–Trinajstić information content (AvgIpc) is 2.47. The number of carbonyl (C=O) groups excluding carboxylic acids is 2. The van der Waals surface area contributed by atoms with E-state index in [1.165, 1.54) is 19.1 Å². The largest absolute Gasteiger partial charge is 0.462 e. The maximum absolute atomic E-state index is 12.1. The van der Waals surface area contributed by atoms with Crippen LogP contribution in [0.15, 0.2) is 24.3 Å². The number of ether oxygens (including phenoxy) is 1. The van der Waals surface area contributed by atoms with Crippen LogP contribution >= 0.6 is 0 Å². The highest BCUT2D eigenvalue weighted by Crippen LogP contribution is 2.09. The van der Waals surface area contributed by atoms with Crippen molar-refractivity contribution in [1.29, 1.82) is 0 Å². The summed E-state index contributed by atoms with van der Waals surface area (Å²) in [7, 11) is -3.67. The van der Waals surface area contributed by atoms with E-state index in [4.69, 9.17) is 4.74 Å². The van der Waals surface area contributed by atoms with Crippen molar-refractivity contribution in [3.63, 3.8) is 0 Å². The fourth-order valence-electron chi connectivity index (χ4n) is 1.86. The highest BCUT2D eigenvalue weighted by molar-refractivity contribution is 7.88. The second-order valence-corrected chi connectivity index (χ2v) is 6.66. The topological polar surface area (TPSA) is 102 Å². The van der Waals surface area contributed by atoms with E-state index in [1.54, 1.807) is 26.0 Å². The lowest BCUT2D eigenvalue weighted by Gasteiger charge is -2.13. The van der Waals surface area contributed by atoms with E-state index in [1.807, 2.05) is 0 Å². The molecule has 0 saturated heterocycles. The number of hydrogen-bond donors (Lipinski definition) is 2. The Labute approximate surface area is 136 Å². The van der Waals surface area contributed by atoms with Gasteiger partial charge < -0.3 is 10.1 Å². The van der Waals surface area contributed by atoms with Gasteiger partial charge in [0.2, 0.25) is 15.9 Å². The third kappa shape index (κ3) is 6.37. The van der Waals surface area contributed by atoms with Crippen molar-refractivity contribution in [1.82, 2.24) is 10.0 Å². The van der Waals surface area contributed by atoms with Gasteiger partial charge in [-0.1, -0.05) is 12.1 Å². The van der Waals surface area contributed by atoms with Gasteiger partial charge in [-0.05, 0) is 38.5 Å². The van der Waals surface area contributed by atoms with Crippen LogP contribution in [0.4, 0.5) is 0 Å². The van der Waals surface area contributed by atoms with Crippen molar-refractivity contribution in [2.45, 2.75) is 32.6 Å². The predicted molar refractivity (Wildman–Crippen MR) is 86.3 cm³/mol. The summed E-state index contributed by atoms with van der Waals surface area (Å²) in [5.74, 6) is -1.11. The SMILES string of the molecule is CCNC(=O)C(C)NS(=O)(=O)Cc1ccc(C(=O)OCC)cc1. The molecule has 7 nitrogen and oxygen atoms in total. The lowest BCUT2D eigenvalue weighted by molar-refractivity contribution is -0.122. The highest BCUT2D eigenvalue weighted by atomic mass is 32.2. The second-order valence-electron chi connectivity index (χ2n) is 4.91. The van der Waals surface area contributed by atoms with Gasteiger partial charge in [0.1, 0.15) is 0 Å². The summed E-state index contributed by atoms with van der Waals surface area (Å²) in [6.45, 7) is 5.65. The molecule has 0 aliphatic rings. The van der Waals surface area contributed by atoms with Crippen LogP contribution in [0.2, 0.25) is 0 Å². The van der Waals surface area contributed by atoms with E-state index in [2.05, 4.69) is 10.0 Å². The van der Waals surface area contributed by atoms with Gasteiger partial charge in [0.15, 0.2) is 0 Å². The number of amides is 1. The molecule has 1 amide bonds. The van der Waals surface area contributed by atoms with Gasteiger partial charge in [-0.25, -0.2) is 17.9 Å². The molecule has 0 bridgehead atoms. The van der Waals surface area contributed by atoms with Crippen LogP contribution in [0.5, 0.6) is 0 Å². The van der Waals surface area contributed by atoms with Crippen molar-refractivity contribution < 1.29 is 22.7 Å². The van der Waals surface area contributed by atoms with E-state index in [0.29, 0.717) is 17.7 Å². The smallest absolute Gasteiger partial charge is 0.338 e. The Bertz CT molecular complexity index is 640. The van der Waals surface area contributed by atoms with Crippen molar-refractivity contribution >= 4 is 21.9 Å². The molecule has 0 fully saturated rings. The zero-order chi connectivity index (χ0) is 17.5. The normalized spacial score (nSPS) is 12.5. The summed E-state index contributed by atoms with van der Waals surface area (Å²) in [4.78, 5) is 23.1. The zero-order valence-electron chi connectivity index (χ0n) is 13.5. The van der Waals surface area contributed by atoms with Crippen molar-refractivity contribution in [2.24, 2.45) is 0 Å². The van der Waals surface area contributed by atoms with Gasteiger partial charge in [-0.2, -0.15) is 0 Å². The molecule has 1 unspecified atom stereocenters. The number of sulfonamides is 1. The van der Waals surface area contributed by atoms with Crippen LogP contribution in [0.3, 0.4) is 0 Å². The van der Waals surface area contributed by atoms with Crippen molar-refractivity contribution in [3.8, 4) is 0 Å². The minimum atomic E-state index is -3.67. The Kier molecular flexibility index (Phi) is 7.18.